The Bertz CT molecular complexity index is 1140. The van der Waals surface area contributed by atoms with Gasteiger partial charge in [-0.05, 0) is 77.2 Å². The normalized spacial score (nSPS) is 17.9. The number of rotatable bonds is 7. The molecule has 1 aliphatic carbocycles. The molecular weight excluding hydrogens is 507 g/mol. The van der Waals surface area contributed by atoms with Gasteiger partial charge in [-0.2, -0.15) is 0 Å². The molecule has 34 heavy (non-hydrogen) atoms. The summed E-state index contributed by atoms with van der Waals surface area (Å²) in [5, 5.41) is 2.28. The number of carbonyl (C=O) groups excluding carboxylic acids is 3. The molecule has 2 fully saturated rings. The van der Waals surface area contributed by atoms with Gasteiger partial charge in [-0.1, -0.05) is 25.0 Å². The maximum absolute atomic E-state index is 13.2. The third-order valence-electron chi connectivity index (χ3n) is 5.76. The van der Waals surface area contributed by atoms with Crippen molar-refractivity contribution in [3.05, 3.63) is 63.4 Å². The minimum absolute atomic E-state index is 0.110. The Morgan fingerprint density at radius 3 is 2.50 bits per heavy atom. The molecule has 0 radical (unpaired) electrons. The van der Waals surface area contributed by atoms with Crippen LogP contribution in [0.5, 0.6) is 11.5 Å². The van der Waals surface area contributed by atoms with Crippen molar-refractivity contribution in [2.45, 2.75) is 45.3 Å². The summed E-state index contributed by atoms with van der Waals surface area (Å²) in [7, 11) is 0. The van der Waals surface area contributed by atoms with Crippen molar-refractivity contribution >= 4 is 39.9 Å². The molecule has 1 heterocycles. The van der Waals surface area contributed by atoms with E-state index in [0.29, 0.717) is 28.1 Å². The summed E-state index contributed by atoms with van der Waals surface area (Å²) < 4.78 is 25.4. The molecule has 2 aliphatic rings. The van der Waals surface area contributed by atoms with E-state index in [1.54, 1.807) is 24.3 Å². The average Bonchev–Trinajstić information content (AvgIpc) is 3.32. The molecule has 0 atom stereocenters. The summed E-state index contributed by atoms with van der Waals surface area (Å²) in [5.74, 6) is -0.790. The van der Waals surface area contributed by atoms with Crippen LogP contribution in [0.2, 0.25) is 0 Å². The number of nitrogens with zero attached hydrogens (tertiary/aromatic N) is 1. The van der Waals surface area contributed by atoms with Crippen LogP contribution in [-0.4, -0.2) is 35.4 Å². The fraction of sp³-hybridized carbons (Fsp3) is 0.320. The molecule has 4 rings (SSSR count). The summed E-state index contributed by atoms with van der Waals surface area (Å²) in [6.07, 6.45) is 4.81. The Morgan fingerprint density at radius 2 is 1.82 bits per heavy atom. The zero-order chi connectivity index (χ0) is 24.2. The first kappa shape index (κ1) is 23.9. The van der Waals surface area contributed by atoms with Crippen LogP contribution in [-0.2, 0) is 16.2 Å². The first-order valence-electron chi connectivity index (χ1n) is 11.1. The Labute approximate surface area is 205 Å². The van der Waals surface area contributed by atoms with E-state index in [1.807, 2.05) is 6.92 Å². The van der Waals surface area contributed by atoms with E-state index in [9.17, 15) is 18.8 Å². The van der Waals surface area contributed by atoms with Gasteiger partial charge in [0.15, 0.2) is 11.5 Å². The first-order valence-corrected chi connectivity index (χ1v) is 11.9. The lowest BCUT2D eigenvalue weighted by molar-refractivity contribution is -0.131. The summed E-state index contributed by atoms with van der Waals surface area (Å²) in [6.45, 7) is 2.38. The van der Waals surface area contributed by atoms with Crippen molar-refractivity contribution in [1.82, 2.24) is 10.2 Å². The molecule has 1 aliphatic heterocycles. The molecule has 4 amide bonds. The molecular formula is C25H24BrFN2O5. The van der Waals surface area contributed by atoms with Gasteiger partial charge in [-0.15, -0.1) is 0 Å². The van der Waals surface area contributed by atoms with E-state index in [-0.39, 0.29) is 24.0 Å². The van der Waals surface area contributed by atoms with Gasteiger partial charge in [-0.25, -0.2) is 9.18 Å². The number of amides is 4. The smallest absolute Gasteiger partial charge is 0.331 e. The molecule has 178 valence electrons. The van der Waals surface area contributed by atoms with Crippen molar-refractivity contribution in [1.29, 1.82) is 0 Å². The van der Waals surface area contributed by atoms with Crippen LogP contribution in [0.3, 0.4) is 0 Å². The summed E-state index contributed by atoms with van der Waals surface area (Å²) in [6, 6.07) is 8.48. The Balaban J connectivity index is 1.61. The van der Waals surface area contributed by atoms with E-state index in [4.69, 9.17) is 9.47 Å². The van der Waals surface area contributed by atoms with Gasteiger partial charge in [0.25, 0.3) is 11.8 Å². The number of ether oxygens (including phenoxy) is 2. The van der Waals surface area contributed by atoms with Gasteiger partial charge >= 0.3 is 6.03 Å². The van der Waals surface area contributed by atoms with Crippen LogP contribution in [0.4, 0.5) is 9.18 Å². The minimum Gasteiger partial charge on any atom is -0.490 e. The second-order valence-corrected chi connectivity index (χ2v) is 8.96. The second kappa shape index (κ2) is 10.4. The van der Waals surface area contributed by atoms with Crippen LogP contribution in [0.1, 0.15) is 43.7 Å². The van der Waals surface area contributed by atoms with Gasteiger partial charge in [-0.3, -0.25) is 19.8 Å². The minimum atomic E-state index is -0.727. The highest BCUT2D eigenvalue weighted by atomic mass is 79.9. The topological polar surface area (TPSA) is 84.9 Å². The van der Waals surface area contributed by atoms with E-state index >= 15 is 0 Å². The van der Waals surface area contributed by atoms with Gasteiger partial charge in [0, 0.05) is 6.04 Å². The molecule has 9 heteroatoms. The van der Waals surface area contributed by atoms with Crippen molar-refractivity contribution in [2.24, 2.45) is 0 Å². The second-order valence-electron chi connectivity index (χ2n) is 8.11. The predicted octanol–water partition coefficient (Wildman–Crippen LogP) is 4.97. The van der Waals surface area contributed by atoms with Gasteiger partial charge in [0.1, 0.15) is 18.0 Å². The highest BCUT2D eigenvalue weighted by Gasteiger charge is 2.40. The summed E-state index contributed by atoms with van der Waals surface area (Å²) in [4.78, 5) is 39.0. The maximum atomic E-state index is 13.2. The number of hydrogen-bond donors (Lipinski definition) is 1. The molecule has 0 bridgehead atoms. The maximum Gasteiger partial charge on any atom is 0.331 e. The highest BCUT2D eigenvalue weighted by molar-refractivity contribution is 9.10. The van der Waals surface area contributed by atoms with Crippen molar-refractivity contribution in [3.63, 3.8) is 0 Å². The molecule has 0 spiro atoms. The zero-order valence-electron chi connectivity index (χ0n) is 18.6. The Hall–Kier alpha value is -3.20. The number of carbonyl (C=O) groups is 3. The Morgan fingerprint density at radius 1 is 1.12 bits per heavy atom. The molecule has 2 aromatic rings. The molecule has 1 saturated heterocycles. The lowest BCUT2D eigenvalue weighted by Crippen LogP contribution is -2.57. The lowest BCUT2D eigenvalue weighted by Gasteiger charge is -2.31. The SMILES string of the molecule is CCOc1cc(/C=C2\C(=O)NC(=O)N(C3CCCC3)C2=O)cc(Br)c1OCc1ccc(F)cc1. The van der Waals surface area contributed by atoms with Gasteiger partial charge in [0.05, 0.1) is 11.1 Å². The van der Waals surface area contributed by atoms with E-state index in [1.165, 1.54) is 23.1 Å². The largest absolute Gasteiger partial charge is 0.490 e. The van der Waals surface area contributed by atoms with Crippen LogP contribution < -0.4 is 14.8 Å². The number of halogens is 2. The van der Waals surface area contributed by atoms with Crippen LogP contribution >= 0.6 is 15.9 Å². The lowest BCUT2D eigenvalue weighted by atomic mass is 10.0. The van der Waals surface area contributed by atoms with Crippen LogP contribution in [0.15, 0.2) is 46.4 Å². The standard InChI is InChI=1S/C25H24BrFN2O5/c1-2-33-21-13-16(12-20(26)22(21)34-14-15-7-9-17(27)10-8-15)11-19-23(30)28-25(32)29(24(19)31)18-5-3-4-6-18/h7-13,18H,2-6,14H2,1H3,(H,28,30,32)/b19-11+. The van der Waals surface area contributed by atoms with Crippen molar-refractivity contribution in [2.75, 3.05) is 6.61 Å². The summed E-state index contributed by atoms with van der Waals surface area (Å²) in [5.41, 5.74) is 1.20. The van der Waals surface area contributed by atoms with Crippen molar-refractivity contribution < 1.29 is 28.2 Å². The zero-order valence-corrected chi connectivity index (χ0v) is 20.2. The number of urea groups is 1. The number of hydrogen-bond acceptors (Lipinski definition) is 5. The molecule has 7 nitrogen and oxygen atoms in total. The monoisotopic (exact) mass is 530 g/mol. The average molecular weight is 531 g/mol. The molecule has 0 unspecified atom stereocenters. The van der Waals surface area contributed by atoms with Crippen LogP contribution in [0.25, 0.3) is 6.08 Å². The van der Waals surface area contributed by atoms with E-state index in [2.05, 4.69) is 21.2 Å². The molecule has 2 aromatic carbocycles. The Kier molecular flexibility index (Phi) is 7.31. The molecule has 1 saturated carbocycles. The fourth-order valence-electron chi connectivity index (χ4n) is 4.14. The third kappa shape index (κ3) is 5.14. The summed E-state index contributed by atoms with van der Waals surface area (Å²) >= 11 is 3.48. The third-order valence-corrected chi connectivity index (χ3v) is 6.35. The fourth-order valence-corrected chi connectivity index (χ4v) is 4.72. The number of barbiturate groups is 1. The van der Waals surface area contributed by atoms with E-state index < -0.39 is 17.8 Å². The van der Waals surface area contributed by atoms with Crippen LogP contribution in [0, 0.1) is 5.82 Å². The number of nitrogens with one attached hydrogen (secondary N) is 1. The van der Waals surface area contributed by atoms with Gasteiger partial charge in [0.2, 0.25) is 0 Å². The predicted molar refractivity (Wildman–Crippen MR) is 127 cm³/mol. The first-order chi connectivity index (χ1) is 16.4. The van der Waals surface area contributed by atoms with Crippen molar-refractivity contribution in [3.8, 4) is 11.5 Å². The van der Waals surface area contributed by atoms with Gasteiger partial charge < -0.3 is 9.47 Å². The van der Waals surface area contributed by atoms with E-state index in [0.717, 1.165) is 31.2 Å². The number of benzene rings is 2. The number of imide groups is 2. The molecule has 0 aromatic heterocycles. The molecule has 1 N–H and O–H groups in total. The quantitative estimate of drug-likeness (QED) is 0.403. The highest BCUT2D eigenvalue weighted by Crippen LogP contribution is 2.38.